The van der Waals surface area contributed by atoms with Crippen molar-refractivity contribution >= 4 is 34.2 Å². The van der Waals surface area contributed by atoms with Crippen LogP contribution in [0.1, 0.15) is 18.7 Å². The number of hydrogen-bond acceptors (Lipinski definition) is 6. The summed E-state index contributed by atoms with van der Waals surface area (Å²) in [7, 11) is 0. The van der Waals surface area contributed by atoms with Gasteiger partial charge in [-0.3, -0.25) is 4.79 Å². The molecule has 0 aromatic carbocycles. The molecule has 2 unspecified atom stereocenters. The van der Waals surface area contributed by atoms with Gasteiger partial charge in [0, 0.05) is 11.9 Å². The third-order valence-electron chi connectivity index (χ3n) is 2.16. The first-order valence-electron chi connectivity index (χ1n) is 5.21. The molecule has 0 fully saturated rings. The number of carboxylic acid groups (broad SMARTS) is 1. The van der Waals surface area contributed by atoms with Crippen molar-refractivity contribution in [1.29, 1.82) is 0 Å². The van der Waals surface area contributed by atoms with Crippen molar-refractivity contribution in [2.75, 3.05) is 23.9 Å². The van der Waals surface area contributed by atoms with Gasteiger partial charge in [0.05, 0.1) is 5.69 Å². The minimum absolute atomic E-state index is 0.405. The Bertz CT molecular complexity index is 370. The summed E-state index contributed by atoms with van der Waals surface area (Å²) in [5.74, 6) is 0.572. The van der Waals surface area contributed by atoms with Crippen LogP contribution in [0.15, 0.2) is 5.38 Å². The molecule has 0 saturated carbocycles. The number of hydrogen-bond donors (Lipinski definition) is 3. The highest BCUT2D eigenvalue weighted by Crippen LogP contribution is 2.20. The summed E-state index contributed by atoms with van der Waals surface area (Å²) in [5.41, 5.74) is 5.87. The zero-order valence-corrected chi connectivity index (χ0v) is 11.5. The molecule has 1 rings (SSSR count). The summed E-state index contributed by atoms with van der Waals surface area (Å²) in [6, 6.07) is -1.04. The van der Waals surface area contributed by atoms with Crippen LogP contribution in [0.5, 0.6) is 0 Å². The first kappa shape index (κ1) is 14.3. The average Bonchev–Trinajstić information content (AvgIpc) is 2.74. The Kier molecular flexibility index (Phi) is 5.73. The number of carboxylic acids is 1. The molecule has 0 aliphatic carbocycles. The van der Waals surface area contributed by atoms with Crippen molar-refractivity contribution in [3.63, 3.8) is 0 Å². The Morgan fingerprint density at radius 1 is 1.76 bits per heavy atom. The lowest BCUT2D eigenvalue weighted by atomic mass is 10.2. The number of nitrogens with zero attached hydrogens (tertiary/aromatic N) is 1. The largest absolute Gasteiger partial charge is 0.480 e. The standard InChI is InChI=1S/C10H17N3O2S2/c1-6(4-16-2)3-12-10-13-7(5-17-10)8(11)9(14)15/h5-6,8H,3-4,11H2,1-2H3,(H,12,13)(H,14,15). The van der Waals surface area contributed by atoms with Gasteiger partial charge in [-0.15, -0.1) is 11.3 Å². The van der Waals surface area contributed by atoms with E-state index >= 15 is 0 Å². The van der Waals surface area contributed by atoms with E-state index in [9.17, 15) is 4.79 Å². The molecular weight excluding hydrogens is 258 g/mol. The molecule has 7 heteroatoms. The van der Waals surface area contributed by atoms with Crippen molar-refractivity contribution in [1.82, 2.24) is 4.98 Å². The molecule has 0 aliphatic heterocycles. The average molecular weight is 275 g/mol. The lowest BCUT2D eigenvalue weighted by molar-refractivity contribution is -0.138. The maximum Gasteiger partial charge on any atom is 0.326 e. The van der Waals surface area contributed by atoms with Gasteiger partial charge in [-0.05, 0) is 17.9 Å². The zero-order chi connectivity index (χ0) is 12.8. The van der Waals surface area contributed by atoms with E-state index < -0.39 is 12.0 Å². The van der Waals surface area contributed by atoms with E-state index in [1.54, 1.807) is 17.1 Å². The first-order chi connectivity index (χ1) is 8.04. The van der Waals surface area contributed by atoms with Crippen LogP contribution in [0.25, 0.3) is 0 Å². The second kappa shape index (κ2) is 6.83. The van der Waals surface area contributed by atoms with Gasteiger partial charge >= 0.3 is 5.97 Å². The van der Waals surface area contributed by atoms with E-state index in [0.29, 0.717) is 11.6 Å². The van der Waals surface area contributed by atoms with Gasteiger partial charge in [0.25, 0.3) is 0 Å². The summed E-state index contributed by atoms with van der Waals surface area (Å²) in [4.78, 5) is 14.8. The first-order valence-corrected chi connectivity index (χ1v) is 7.48. The van der Waals surface area contributed by atoms with Crippen LogP contribution < -0.4 is 11.1 Å². The number of thiazole rings is 1. The molecule has 1 aromatic heterocycles. The fourth-order valence-electron chi connectivity index (χ4n) is 1.24. The molecule has 4 N–H and O–H groups in total. The molecule has 96 valence electrons. The number of rotatable bonds is 7. The Labute approximate surface area is 109 Å². The van der Waals surface area contributed by atoms with Crippen LogP contribution in [0.3, 0.4) is 0 Å². The number of carbonyl (C=O) groups is 1. The second-order valence-corrected chi connectivity index (χ2v) is 5.60. The molecule has 2 atom stereocenters. The molecule has 5 nitrogen and oxygen atoms in total. The molecule has 1 heterocycles. The highest BCUT2D eigenvalue weighted by atomic mass is 32.2. The van der Waals surface area contributed by atoms with Gasteiger partial charge in [-0.25, -0.2) is 4.98 Å². The van der Waals surface area contributed by atoms with Gasteiger partial charge in [-0.2, -0.15) is 11.8 Å². The lowest BCUT2D eigenvalue weighted by Crippen LogP contribution is -2.21. The van der Waals surface area contributed by atoms with Crippen LogP contribution in [0, 0.1) is 5.92 Å². The van der Waals surface area contributed by atoms with Crippen molar-refractivity contribution < 1.29 is 9.90 Å². The molecule has 0 bridgehead atoms. The van der Waals surface area contributed by atoms with E-state index in [1.165, 1.54) is 11.3 Å². The van der Waals surface area contributed by atoms with Crippen molar-refractivity contribution in [2.24, 2.45) is 11.7 Å². The van der Waals surface area contributed by atoms with Gasteiger partial charge in [0.1, 0.15) is 6.04 Å². The number of nitrogens with two attached hydrogens (primary N) is 1. The Hall–Kier alpha value is -0.790. The number of thioether (sulfide) groups is 1. The number of nitrogens with one attached hydrogen (secondary N) is 1. The highest BCUT2D eigenvalue weighted by Gasteiger charge is 2.17. The summed E-state index contributed by atoms with van der Waals surface area (Å²) < 4.78 is 0. The van der Waals surface area contributed by atoms with Crippen LogP contribution >= 0.6 is 23.1 Å². The van der Waals surface area contributed by atoms with E-state index in [4.69, 9.17) is 10.8 Å². The molecular formula is C10H17N3O2S2. The zero-order valence-electron chi connectivity index (χ0n) is 9.84. The normalized spacial score (nSPS) is 14.3. The van der Waals surface area contributed by atoms with Crippen LogP contribution in [-0.4, -0.2) is 34.6 Å². The van der Waals surface area contributed by atoms with Gasteiger partial charge < -0.3 is 16.2 Å². The molecule has 0 saturated heterocycles. The van der Waals surface area contributed by atoms with Gasteiger partial charge in [0.2, 0.25) is 0 Å². The van der Waals surface area contributed by atoms with E-state index in [-0.39, 0.29) is 0 Å². The Balaban J connectivity index is 2.48. The second-order valence-electron chi connectivity index (χ2n) is 3.83. The third-order valence-corrected chi connectivity index (χ3v) is 3.88. The van der Waals surface area contributed by atoms with Crippen molar-refractivity contribution in [2.45, 2.75) is 13.0 Å². The Morgan fingerprint density at radius 2 is 2.47 bits per heavy atom. The number of anilines is 1. The maximum atomic E-state index is 10.7. The van der Waals surface area contributed by atoms with Crippen LogP contribution in [0.2, 0.25) is 0 Å². The molecule has 0 amide bonds. The lowest BCUT2D eigenvalue weighted by Gasteiger charge is -2.09. The summed E-state index contributed by atoms with van der Waals surface area (Å²) in [6.45, 7) is 2.98. The maximum absolute atomic E-state index is 10.7. The topological polar surface area (TPSA) is 88.2 Å². The van der Waals surface area contributed by atoms with Crippen molar-refractivity contribution in [3.8, 4) is 0 Å². The quantitative estimate of drug-likeness (QED) is 0.701. The Morgan fingerprint density at radius 3 is 3.06 bits per heavy atom. The van der Waals surface area contributed by atoms with Crippen molar-refractivity contribution in [3.05, 3.63) is 11.1 Å². The van der Waals surface area contributed by atoms with Gasteiger partial charge in [-0.1, -0.05) is 6.92 Å². The number of aromatic nitrogens is 1. The third kappa shape index (κ3) is 4.53. The molecule has 1 aromatic rings. The fraction of sp³-hybridized carbons (Fsp3) is 0.600. The minimum atomic E-state index is -1.06. The monoisotopic (exact) mass is 275 g/mol. The predicted molar refractivity (Wildman–Crippen MR) is 72.7 cm³/mol. The smallest absolute Gasteiger partial charge is 0.326 e. The molecule has 17 heavy (non-hydrogen) atoms. The highest BCUT2D eigenvalue weighted by molar-refractivity contribution is 7.98. The van der Waals surface area contributed by atoms with E-state index in [1.807, 2.05) is 0 Å². The SMILES string of the molecule is CSCC(C)CNc1nc(C(N)C(=O)O)cs1. The molecule has 0 aliphatic rings. The summed E-state index contributed by atoms with van der Waals surface area (Å²) in [6.07, 6.45) is 2.07. The molecule has 0 radical (unpaired) electrons. The van der Waals surface area contributed by atoms with E-state index in [0.717, 1.165) is 17.4 Å². The van der Waals surface area contributed by atoms with Crippen LogP contribution in [0.4, 0.5) is 5.13 Å². The number of aliphatic carboxylic acids is 1. The summed E-state index contributed by atoms with van der Waals surface area (Å²) >= 11 is 3.19. The predicted octanol–water partition coefficient (Wildman–Crippen LogP) is 1.64. The minimum Gasteiger partial charge on any atom is -0.480 e. The molecule has 0 spiro atoms. The van der Waals surface area contributed by atoms with Gasteiger partial charge in [0.15, 0.2) is 5.13 Å². The fourth-order valence-corrected chi connectivity index (χ4v) is 2.69. The summed E-state index contributed by atoms with van der Waals surface area (Å²) in [5, 5.41) is 14.3. The van der Waals surface area contributed by atoms with Crippen LogP contribution in [-0.2, 0) is 4.79 Å². The van der Waals surface area contributed by atoms with E-state index in [2.05, 4.69) is 23.5 Å².